The summed E-state index contributed by atoms with van der Waals surface area (Å²) in [6, 6.07) is 0. The Hall–Kier alpha value is -0.810. The number of amides is 1. The molecule has 0 aromatic rings. The van der Waals surface area contributed by atoms with Gasteiger partial charge in [0.25, 0.3) is 0 Å². The molecule has 0 rings (SSSR count). The summed E-state index contributed by atoms with van der Waals surface area (Å²) in [6.45, 7) is 11.4. The number of carbonyl (C=O) groups excluding carboxylic acids is 1. The van der Waals surface area contributed by atoms with Crippen LogP contribution in [0.15, 0.2) is 0 Å². The molecule has 5 nitrogen and oxygen atoms in total. The van der Waals surface area contributed by atoms with Gasteiger partial charge in [0.2, 0.25) is 0 Å². The minimum Gasteiger partial charge on any atom is -0.444 e. The average molecular weight is 247 g/mol. The first kappa shape index (κ1) is 16.2. The van der Waals surface area contributed by atoms with Crippen LogP contribution in [-0.2, 0) is 14.2 Å². The van der Waals surface area contributed by atoms with Gasteiger partial charge in [-0.25, -0.2) is 4.79 Å². The molecule has 0 heterocycles. The normalized spacial score (nSPS) is 11.6. The SMILES string of the molecule is CC(C)OCCOCCNC(=O)OC(C)(C)C. The zero-order chi connectivity index (χ0) is 13.3. The Morgan fingerprint density at radius 2 is 1.82 bits per heavy atom. The van der Waals surface area contributed by atoms with Crippen molar-refractivity contribution in [3.8, 4) is 0 Å². The zero-order valence-corrected chi connectivity index (χ0v) is 11.5. The van der Waals surface area contributed by atoms with Crippen LogP contribution in [0.3, 0.4) is 0 Å². The Morgan fingerprint density at radius 1 is 1.18 bits per heavy atom. The van der Waals surface area contributed by atoms with Crippen LogP contribution in [0.1, 0.15) is 34.6 Å². The van der Waals surface area contributed by atoms with Crippen LogP contribution in [-0.4, -0.2) is 44.2 Å². The van der Waals surface area contributed by atoms with E-state index < -0.39 is 11.7 Å². The number of ether oxygens (including phenoxy) is 3. The monoisotopic (exact) mass is 247 g/mol. The van der Waals surface area contributed by atoms with E-state index in [0.29, 0.717) is 26.4 Å². The van der Waals surface area contributed by atoms with Gasteiger partial charge in [-0.15, -0.1) is 0 Å². The topological polar surface area (TPSA) is 56.8 Å². The molecular formula is C12H25NO4. The van der Waals surface area contributed by atoms with Crippen molar-refractivity contribution >= 4 is 6.09 Å². The molecule has 5 heteroatoms. The molecule has 0 saturated heterocycles. The summed E-state index contributed by atoms with van der Waals surface area (Å²) in [5, 5.41) is 2.61. The largest absolute Gasteiger partial charge is 0.444 e. The van der Waals surface area contributed by atoms with E-state index in [1.54, 1.807) is 0 Å². The van der Waals surface area contributed by atoms with Crippen molar-refractivity contribution in [2.45, 2.75) is 46.3 Å². The van der Waals surface area contributed by atoms with Gasteiger partial charge in [-0.2, -0.15) is 0 Å². The molecule has 0 aromatic heterocycles. The first-order valence-electron chi connectivity index (χ1n) is 5.97. The lowest BCUT2D eigenvalue weighted by Crippen LogP contribution is -2.34. The Kier molecular flexibility index (Phi) is 7.91. The van der Waals surface area contributed by atoms with Gasteiger partial charge >= 0.3 is 6.09 Å². The van der Waals surface area contributed by atoms with Crippen molar-refractivity contribution in [2.24, 2.45) is 0 Å². The number of alkyl carbamates (subject to hydrolysis) is 1. The molecule has 0 saturated carbocycles. The van der Waals surface area contributed by atoms with Gasteiger partial charge in [-0.05, 0) is 34.6 Å². The highest BCUT2D eigenvalue weighted by Gasteiger charge is 2.15. The molecule has 1 amide bonds. The number of hydrogen-bond acceptors (Lipinski definition) is 4. The molecule has 0 radical (unpaired) electrons. The third-order valence-corrected chi connectivity index (χ3v) is 1.59. The maximum atomic E-state index is 11.2. The molecule has 17 heavy (non-hydrogen) atoms. The van der Waals surface area contributed by atoms with Crippen LogP contribution < -0.4 is 5.32 Å². The Labute approximate surface area is 104 Å². The average Bonchev–Trinajstić information content (AvgIpc) is 2.12. The number of carbonyl (C=O) groups is 1. The smallest absolute Gasteiger partial charge is 0.407 e. The van der Waals surface area contributed by atoms with E-state index in [1.165, 1.54) is 0 Å². The van der Waals surface area contributed by atoms with Crippen molar-refractivity contribution in [3.63, 3.8) is 0 Å². The van der Waals surface area contributed by atoms with Gasteiger partial charge in [-0.1, -0.05) is 0 Å². The summed E-state index contributed by atoms with van der Waals surface area (Å²) in [5.41, 5.74) is -0.462. The van der Waals surface area contributed by atoms with E-state index in [9.17, 15) is 4.79 Å². The predicted octanol–water partition coefficient (Wildman–Crippen LogP) is 1.95. The van der Waals surface area contributed by atoms with E-state index in [4.69, 9.17) is 14.2 Å². The van der Waals surface area contributed by atoms with Gasteiger partial charge < -0.3 is 19.5 Å². The standard InChI is InChI=1S/C12H25NO4/c1-10(2)16-9-8-15-7-6-13-11(14)17-12(3,4)5/h10H,6-9H2,1-5H3,(H,13,14). The highest BCUT2D eigenvalue weighted by Crippen LogP contribution is 2.05. The van der Waals surface area contributed by atoms with Crippen LogP contribution >= 0.6 is 0 Å². The summed E-state index contributed by atoms with van der Waals surface area (Å²) >= 11 is 0. The van der Waals surface area contributed by atoms with E-state index in [2.05, 4.69) is 5.32 Å². The quantitative estimate of drug-likeness (QED) is 0.699. The maximum Gasteiger partial charge on any atom is 0.407 e. The minimum absolute atomic E-state index is 0.221. The van der Waals surface area contributed by atoms with E-state index in [1.807, 2.05) is 34.6 Å². The van der Waals surface area contributed by atoms with Crippen LogP contribution in [0.25, 0.3) is 0 Å². The van der Waals surface area contributed by atoms with Crippen molar-refractivity contribution < 1.29 is 19.0 Å². The fourth-order valence-electron chi connectivity index (χ4n) is 0.984. The summed E-state index contributed by atoms with van der Waals surface area (Å²) in [5.74, 6) is 0. The lowest BCUT2D eigenvalue weighted by molar-refractivity contribution is 0.0186. The first-order chi connectivity index (χ1) is 7.81. The molecular weight excluding hydrogens is 222 g/mol. The van der Waals surface area contributed by atoms with E-state index >= 15 is 0 Å². The Balaban J connectivity index is 3.31. The molecule has 0 bridgehead atoms. The molecule has 0 fully saturated rings. The molecule has 0 aliphatic rings. The maximum absolute atomic E-state index is 11.2. The molecule has 0 unspecified atom stereocenters. The van der Waals surface area contributed by atoms with Crippen molar-refractivity contribution in [1.29, 1.82) is 0 Å². The third kappa shape index (κ3) is 13.1. The third-order valence-electron chi connectivity index (χ3n) is 1.59. The zero-order valence-electron chi connectivity index (χ0n) is 11.5. The van der Waals surface area contributed by atoms with Gasteiger partial charge in [0, 0.05) is 6.54 Å². The second-order valence-corrected chi connectivity index (χ2v) is 4.96. The summed E-state index contributed by atoms with van der Waals surface area (Å²) < 4.78 is 15.6. The molecule has 0 atom stereocenters. The molecule has 1 N–H and O–H groups in total. The van der Waals surface area contributed by atoms with Crippen LogP contribution in [0.4, 0.5) is 4.79 Å². The summed E-state index contributed by atoms with van der Waals surface area (Å²) in [7, 11) is 0. The van der Waals surface area contributed by atoms with E-state index in [-0.39, 0.29) is 6.10 Å². The Bertz CT molecular complexity index is 211. The molecule has 102 valence electrons. The van der Waals surface area contributed by atoms with Crippen molar-refractivity contribution in [2.75, 3.05) is 26.4 Å². The number of hydrogen-bond donors (Lipinski definition) is 1. The second kappa shape index (κ2) is 8.31. The van der Waals surface area contributed by atoms with E-state index in [0.717, 1.165) is 0 Å². The highest BCUT2D eigenvalue weighted by atomic mass is 16.6. The molecule has 0 spiro atoms. The van der Waals surface area contributed by atoms with Crippen molar-refractivity contribution in [3.05, 3.63) is 0 Å². The van der Waals surface area contributed by atoms with Gasteiger partial charge in [-0.3, -0.25) is 0 Å². The number of nitrogens with one attached hydrogen (secondary N) is 1. The Morgan fingerprint density at radius 3 is 2.35 bits per heavy atom. The fraction of sp³-hybridized carbons (Fsp3) is 0.917. The number of rotatable bonds is 7. The van der Waals surface area contributed by atoms with Crippen LogP contribution in [0, 0.1) is 0 Å². The lowest BCUT2D eigenvalue weighted by atomic mass is 10.2. The van der Waals surface area contributed by atoms with Crippen LogP contribution in [0.2, 0.25) is 0 Å². The first-order valence-corrected chi connectivity index (χ1v) is 5.97. The predicted molar refractivity (Wildman–Crippen MR) is 66.1 cm³/mol. The fourth-order valence-corrected chi connectivity index (χ4v) is 0.984. The highest BCUT2D eigenvalue weighted by molar-refractivity contribution is 5.67. The summed E-state index contributed by atoms with van der Waals surface area (Å²) in [6.07, 6.45) is -0.196. The molecule has 0 aliphatic heterocycles. The molecule has 0 aliphatic carbocycles. The van der Waals surface area contributed by atoms with Gasteiger partial charge in [0.1, 0.15) is 5.60 Å². The molecule has 0 aromatic carbocycles. The van der Waals surface area contributed by atoms with Gasteiger partial charge in [0.05, 0.1) is 25.9 Å². The second-order valence-electron chi connectivity index (χ2n) is 4.96. The van der Waals surface area contributed by atoms with Crippen molar-refractivity contribution in [1.82, 2.24) is 5.32 Å². The van der Waals surface area contributed by atoms with Gasteiger partial charge in [0.15, 0.2) is 0 Å². The minimum atomic E-state index is -0.462. The summed E-state index contributed by atoms with van der Waals surface area (Å²) in [4.78, 5) is 11.2. The lowest BCUT2D eigenvalue weighted by Gasteiger charge is -2.19. The van der Waals surface area contributed by atoms with Crippen LogP contribution in [0.5, 0.6) is 0 Å².